The van der Waals surface area contributed by atoms with E-state index < -0.39 is 33.5 Å². The van der Waals surface area contributed by atoms with Gasteiger partial charge in [0.15, 0.2) is 0 Å². The number of pyridine rings is 4. The maximum absolute atomic E-state index is 13.2. The number of hydrogen-bond acceptors (Lipinski definition) is 10. The zero-order valence-electron chi connectivity index (χ0n) is 75.9. The second-order valence-corrected chi connectivity index (χ2v) is 33.4. The van der Waals surface area contributed by atoms with Crippen LogP contribution in [-0.4, -0.2) is 72.7 Å². The number of nitrogens with zero attached hydrogens (tertiary/aromatic N) is 8. The topological polar surface area (TPSA) is 133 Å². The molecule has 6 aromatic heterocycles. The summed E-state index contributed by atoms with van der Waals surface area (Å²) in [4.78, 5) is 31.2. The van der Waals surface area contributed by atoms with Gasteiger partial charge in [-0.3, -0.25) is 13.8 Å². The fourth-order valence-corrected chi connectivity index (χ4v) is 18.1. The van der Waals surface area contributed by atoms with Crippen LogP contribution in [0.25, 0.3) is 132 Å². The molecule has 24 rings (SSSR count). The third kappa shape index (κ3) is 21.4. The van der Waals surface area contributed by atoms with Gasteiger partial charge >= 0.3 is 38.5 Å². The van der Waals surface area contributed by atoms with E-state index in [2.05, 4.69) is 391 Å². The Morgan fingerprint density at radius 3 is 1.24 bits per heavy atom. The number of anilines is 6. The Balaban J connectivity index is 0.000000121. The van der Waals surface area contributed by atoms with Crippen molar-refractivity contribution < 1.29 is 50.2 Å². The summed E-state index contributed by atoms with van der Waals surface area (Å²) in [7, 11) is 0. The van der Waals surface area contributed by atoms with E-state index in [1.54, 1.807) is 42.7 Å². The van der Waals surface area contributed by atoms with Gasteiger partial charge in [-0.25, -0.2) is 14.8 Å². The first-order valence-corrected chi connectivity index (χ1v) is 46.8. The Bertz CT molecular complexity index is 7960. The summed E-state index contributed by atoms with van der Waals surface area (Å²) in [6, 6.07) is 165. The number of carboxylic acid groups (broad SMARTS) is 1. The fourth-order valence-electron chi connectivity index (χ4n) is 17.2. The molecule has 18 aromatic carbocycles. The number of aromatic carboxylic acids is 1. The van der Waals surface area contributed by atoms with E-state index in [1.807, 2.05) is 91.9 Å². The summed E-state index contributed by atoms with van der Waals surface area (Å²) in [5.41, 5.74) is 22.3. The van der Waals surface area contributed by atoms with Gasteiger partial charge in [0.2, 0.25) is 0 Å². The number of rotatable bonds is 17. The first-order chi connectivity index (χ1) is 68.5. The summed E-state index contributed by atoms with van der Waals surface area (Å²) in [5, 5.41) is 20.5. The number of para-hydroxylation sites is 8. The zero-order valence-corrected chi connectivity index (χ0v) is 80.8. The number of benzene rings is 18. The molecule has 3 radical (unpaired) electrons. The van der Waals surface area contributed by atoms with Gasteiger partial charge in [0.25, 0.3) is 0 Å². The van der Waals surface area contributed by atoms with Crippen LogP contribution in [0.3, 0.4) is 0 Å². The molecular weight excluding hydrogens is 1940 g/mol. The molecule has 1 N–H and O–H groups in total. The quantitative estimate of drug-likeness (QED) is 0.0690. The number of fused-ring (bicyclic) bond motifs is 10. The van der Waals surface area contributed by atoms with Crippen molar-refractivity contribution in [2.24, 2.45) is 0 Å². The average Bonchev–Trinajstić information content (AvgIpc) is 1.59. The van der Waals surface area contributed by atoms with Crippen molar-refractivity contribution in [3.8, 4) is 62.1 Å². The average molecular weight is 2030 g/mol. The van der Waals surface area contributed by atoms with Crippen LogP contribution in [-0.2, 0) is 20.1 Å². The van der Waals surface area contributed by atoms with Crippen molar-refractivity contribution in [3.63, 3.8) is 0 Å². The third-order valence-corrected chi connectivity index (χ3v) is 24.7. The molecule has 0 aliphatic heterocycles. The second-order valence-electron chi connectivity index (χ2n) is 32.4. The van der Waals surface area contributed by atoms with E-state index in [0.29, 0.717) is 5.69 Å². The minimum absolute atomic E-state index is 0. The smallest absolute Gasteiger partial charge is 0.649 e. The Labute approximate surface area is 837 Å². The third-order valence-electron chi connectivity index (χ3n) is 23.7. The van der Waals surface area contributed by atoms with Crippen molar-refractivity contribution in [2.75, 3.05) is 9.80 Å². The molecule has 0 bridgehead atoms. The summed E-state index contributed by atoms with van der Waals surface area (Å²) in [6.07, 6.45) is 4.77. The van der Waals surface area contributed by atoms with Gasteiger partial charge in [0.05, 0.1) is 39.2 Å². The Morgan fingerprint density at radius 2 is 0.757 bits per heavy atom. The van der Waals surface area contributed by atoms with Crippen LogP contribution in [0.2, 0.25) is 0 Å². The molecule has 140 heavy (non-hydrogen) atoms. The molecule has 0 unspecified atom stereocenters. The summed E-state index contributed by atoms with van der Waals surface area (Å²) >= 11 is 0.801. The maximum Gasteiger partial charge on any atom is 0.881 e. The maximum atomic E-state index is 13.2. The Hall–Kier alpha value is -16.8. The molecule has 0 saturated carbocycles. The van der Waals surface area contributed by atoms with E-state index in [4.69, 9.17) is 16.5 Å². The molecule has 0 saturated heterocycles. The van der Waals surface area contributed by atoms with Gasteiger partial charge < -0.3 is 40.4 Å². The Morgan fingerprint density at radius 1 is 0.357 bits per heavy atom. The Kier molecular flexibility index (Phi) is 30.0. The largest absolute Gasteiger partial charge is 0.881 e. The normalized spacial score (nSPS) is 10.7. The first kappa shape index (κ1) is 93.6. The van der Waals surface area contributed by atoms with E-state index >= 15 is 0 Å². The number of hydrogen-bond donors (Lipinski definition) is 1. The molecule has 0 aliphatic rings. The van der Waals surface area contributed by atoms with Crippen molar-refractivity contribution in [1.29, 1.82) is 0 Å². The molecule has 0 fully saturated rings. The van der Waals surface area contributed by atoms with E-state index in [9.17, 15) is 13.6 Å². The molecule has 18 heteroatoms. The van der Waals surface area contributed by atoms with Crippen LogP contribution in [0.5, 0.6) is 17.2 Å². The van der Waals surface area contributed by atoms with Gasteiger partial charge in [0, 0.05) is 133 Å². The predicted molar refractivity (Wildman–Crippen MR) is 566 cm³/mol. The van der Waals surface area contributed by atoms with Crippen LogP contribution in [0.15, 0.2) is 498 Å². The van der Waals surface area contributed by atoms with Crippen molar-refractivity contribution in [1.82, 2.24) is 29.1 Å². The van der Waals surface area contributed by atoms with Crippen molar-refractivity contribution >= 4 is 160 Å². The monoisotopic (exact) mass is 2030 g/mol. The molecular formula is C122H87Al2F2IrN8O5-. The van der Waals surface area contributed by atoms with Gasteiger partial charge in [-0.05, 0) is 203 Å². The minimum atomic E-state index is -0.990. The van der Waals surface area contributed by atoms with Crippen LogP contribution in [0.4, 0.5) is 42.9 Å². The molecule has 6 heterocycles. The van der Waals surface area contributed by atoms with Crippen LogP contribution in [0.1, 0.15) is 16.2 Å². The zero-order chi connectivity index (χ0) is 94.6. The molecule has 0 amide bonds. The minimum Gasteiger partial charge on any atom is -0.649 e. The number of carboxylic acids is 1. The summed E-state index contributed by atoms with van der Waals surface area (Å²) in [6.45, 7) is 1.98. The first-order valence-electron chi connectivity index (χ1n) is 45.3. The summed E-state index contributed by atoms with van der Waals surface area (Å²) < 4.78 is 47.4. The number of aryl methyl sites for hydroxylation is 1. The van der Waals surface area contributed by atoms with Gasteiger partial charge in [-0.15, -0.1) is 12.1 Å². The van der Waals surface area contributed by atoms with Crippen molar-refractivity contribution in [3.05, 3.63) is 527 Å². The second kappa shape index (κ2) is 44.8. The molecule has 0 atom stereocenters. The van der Waals surface area contributed by atoms with Crippen LogP contribution >= 0.6 is 0 Å². The van der Waals surface area contributed by atoms with Gasteiger partial charge in [0.1, 0.15) is 28.2 Å². The molecule has 24 aromatic rings. The predicted octanol–water partition coefficient (Wildman–Crippen LogP) is 30.7. The SMILES string of the molecule is Cc1ccc2cccc([O][Al][O]c3ccc(-c4ccccc4)cc3)c2n1.Fc1c[c-]c(-c2ccccn2)c(F)c1.O=C(O)c1ccccn1.[AlH][O]c1cccc2cccnc12.[Ir].c1cc(-n2c3ccccc3c3ccccc32)cc(-n2c3ccccc3c3ccccc32)c1.c1ccc(N(c2ccc(-c3ccc(N(c4ccccc4)c4cccc5ccccc45)cc3)cc2)c2cccc3ccccc23)cc1. The van der Waals surface area contributed by atoms with Gasteiger partial charge in [-0.2, -0.15) is 0 Å². The molecule has 13 nitrogen and oxygen atoms in total. The molecule has 0 aliphatic carbocycles. The van der Waals surface area contributed by atoms with E-state index in [-0.39, 0.29) is 31.4 Å². The summed E-state index contributed by atoms with van der Waals surface area (Å²) in [5.74, 6) is 0.138. The number of carbonyl (C=O) groups is 1. The van der Waals surface area contributed by atoms with Gasteiger partial charge in [-0.1, -0.05) is 321 Å². The van der Waals surface area contributed by atoms with Crippen LogP contribution in [0, 0.1) is 24.6 Å². The van der Waals surface area contributed by atoms with Crippen LogP contribution < -0.4 is 21.2 Å². The number of aromatic nitrogens is 6. The van der Waals surface area contributed by atoms with E-state index in [0.717, 1.165) is 91.0 Å². The molecule has 675 valence electrons. The number of halogens is 2. The molecule has 0 spiro atoms. The fraction of sp³-hybridized carbons (Fsp3) is 0.00820. The standard InChI is InChI=1S/C44H32N2.C30H20N2.C12H10O.C11H6F2N.C10H9NO.C9H7NO.C6H5NO2.2Al.Ir.H/c1-3-17-37(18-4-1)45(43-23-11-15-35-13-7-9-21-41(35)43)39-29-25-33(26-30-39)34-27-31-40(32-28-34)46(38-19-5-2-6-20-38)44-24-12-16-36-14-8-10-22-42(36)44;1-5-16-27-23(12-1)24-13-2-6-17-28(24)31(27)21-10-9-11-22(20-21)32-29-18-7-3-14-25(29)26-15-4-8-19-30(26)32;13-12-8-6-11(7-9-12)10-4-2-1-3-5-10;12-8-4-5-9(10(13)7-8)11-3-1-2-6-14-11;1-7-5-6-8-3-2-4-9(12)10(8)11-7;11-8-5-1-3-7-4-2-6-10-9(7)8;8-6(9)5-3-1-2-4-7-5;;;;/h1-32H;1-20H;1-9,13H;1-4,6-7H;2-6,12H,1H3;1-6,11H;1-4H,(H,8,9);;;;/q;;;-1;;;;+1;+2;;/p-3. The van der Waals surface area contributed by atoms with E-state index in [1.165, 1.54) is 128 Å². The van der Waals surface area contributed by atoms with Crippen molar-refractivity contribution in [2.45, 2.75) is 6.92 Å².